The average Bonchev–Trinajstić information content (AvgIpc) is 2.46. The van der Waals surface area contributed by atoms with E-state index in [2.05, 4.69) is 32.0 Å². The van der Waals surface area contributed by atoms with Crippen LogP contribution in [0.15, 0.2) is 36.4 Å². The fraction of sp³-hybridized carbons (Fsp3) is 0.294. The highest BCUT2D eigenvalue weighted by Crippen LogP contribution is 2.27. The molecule has 2 N–H and O–H groups in total. The standard InChI is InChI=1S/C17H20FN/c1-3-12-5-6-14(9-13(12)4-2)17-10-16(18)8-7-15(17)11-19/h5-10H,3-4,11,19H2,1-2H3. The second kappa shape index (κ2) is 5.98. The molecule has 0 heterocycles. The van der Waals surface area contributed by atoms with Gasteiger partial charge >= 0.3 is 0 Å². The number of halogens is 1. The van der Waals surface area contributed by atoms with Gasteiger partial charge in [0.15, 0.2) is 0 Å². The molecule has 2 heteroatoms. The molecule has 100 valence electrons. The maximum absolute atomic E-state index is 13.5. The van der Waals surface area contributed by atoms with Crippen molar-refractivity contribution in [2.75, 3.05) is 0 Å². The number of hydrogen-bond donors (Lipinski definition) is 1. The van der Waals surface area contributed by atoms with E-state index in [-0.39, 0.29) is 5.82 Å². The van der Waals surface area contributed by atoms with Crippen LogP contribution in [-0.4, -0.2) is 0 Å². The number of nitrogens with two attached hydrogens (primary N) is 1. The third-order valence-corrected chi connectivity index (χ3v) is 3.57. The summed E-state index contributed by atoms with van der Waals surface area (Å²) >= 11 is 0. The van der Waals surface area contributed by atoms with Crippen LogP contribution in [0.25, 0.3) is 11.1 Å². The summed E-state index contributed by atoms with van der Waals surface area (Å²) in [5.41, 5.74) is 11.4. The smallest absolute Gasteiger partial charge is 0.123 e. The monoisotopic (exact) mass is 257 g/mol. The minimum atomic E-state index is -0.218. The summed E-state index contributed by atoms with van der Waals surface area (Å²) in [4.78, 5) is 0. The highest BCUT2D eigenvalue weighted by molar-refractivity contribution is 5.68. The molecule has 0 aliphatic carbocycles. The molecule has 0 saturated carbocycles. The van der Waals surface area contributed by atoms with Gasteiger partial charge in [0.2, 0.25) is 0 Å². The van der Waals surface area contributed by atoms with Gasteiger partial charge in [-0.25, -0.2) is 4.39 Å². The quantitative estimate of drug-likeness (QED) is 0.877. The minimum absolute atomic E-state index is 0.218. The van der Waals surface area contributed by atoms with Gasteiger partial charge in [-0.2, -0.15) is 0 Å². The summed E-state index contributed by atoms with van der Waals surface area (Å²) in [6, 6.07) is 11.2. The lowest BCUT2D eigenvalue weighted by molar-refractivity contribution is 0.627. The van der Waals surface area contributed by atoms with Crippen molar-refractivity contribution < 1.29 is 4.39 Å². The van der Waals surface area contributed by atoms with E-state index in [1.54, 1.807) is 12.1 Å². The normalized spacial score (nSPS) is 10.7. The lowest BCUT2D eigenvalue weighted by atomic mass is 9.94. The van der Waals surface area contributed by atoms with Crippen molar-refractivity contribution in [1.29, 1.82) is 0 Å². The molecule has 2 rings (SSSR count). The first-order chi connectivity index (χ1) is 9.19. The molecule has 0 saturated heterocycles. The van der Waals surface area contributed by atoms with Gasteiger partial charge in [-0.15, -0.1) is 0 Å². The second-order valence-corrected chi connectivity index (χ2v) is 4.70. The van der Waals surface area contributed by atoms with E-state index in [0.29, 0.717) is 6.54 Å². The molecule has 2 aromatic rings. The Morgan fingerprint density at radius 3 is 2.21 bits per heavy atom. The zero-order valence-corrected chi connectivity index (χ0v) is 11.5. The maximum Gasteiger partial charge on any atom is 0.123 e. The first-order valence-corrected chi connectivity index (χ1v) is 6.80. The molecule has 0 spiro atoms. The Kier molecular flexibility index (Phi) is 4.33. The molecule has 0 aliphatic heterocycles. The van der Waals surface area contributed by atoms with Crippen LogP contribution >= 0.6 is 0 Å². The van der Waals surface area contributed by atoms with Crippen molar-refractivity contribution in [2.45, 2.75) is 33.2 Å². The molecule has 0 bridgehead atoms. The Labute approximate surface area is 114 Å². The molecule has 2 aromatic carbocycles. The number of hydrogen-bond acceptors (Lipinski definition) is 1. The highest BCUT2D eigenvalue weighted by Gasteiger charge is 2.08. The summed E-state index contributed by atoms with van der Waals surface area (Å²) in [6.45, 7) is 4.72. The van der Waals surface area contributed by atoms with Crippen molar-refractivity contribution >= 4 is 0 Å². The van der Waals surface area contributed by atoms with Gasteiger partial charge in [0.1, 0.15) is 5.82 Å². The molecule has 0 amide bonds. The molecule has 0 radical (unpaired) electrons. The highest BCUT2D eigenvalue weighted by atomic mass is 19.1. The third kappa shape index (κ3) is 2.85. The van der Waals surface area contributed by atoms with Crippen molar-refractivity contribution in [1.82, 2.24) is 0 Å². The summed E-state index contributed by atoms with van der Waals surface area (Å²) in [5, 5.41) is 0. The largest absolute Gasteiger partial charge is 0.326 e. The molecular formula is C17H20FN. The van der Waals surface area contributed by atoms with Crippen LogP contribution in [0.1, 0.15) is 30.5 Å². The molecule has 0 fully saturated rings. The minimum Gasteiger partial charge on any atom is -0.326 e. The van der Waals surface area contributed by atoms with Crippen LogP contribution in [0, 0.1) is 5.82 Å². The van der Waals surface area contributed by atoms with Gasteiger partial charge in [0.25, 0.3) is 0 Å². The van der Waals surface area contributed by atoms with Gasteiger partial charge in [0, 0.05) is 6.54 Å². The summed E-state index contributed by atoms with van der Waals surface area (Å²) in [6.07, 6.45) is 2.01. The summed E-state index contributed by atoms with van der Waals surface area (Å²) in [5.74, 6) is -0.218. The summed E-state index contributed by atoms with van der Waals surface area (Å²) in [7, 11) is 0. The van der Waals surface area contributed by atoms with E-state index in [0.717, 1.165) is 29.5 Å². The summed E-state index contributed by atoms with van der Waals surface area (Å²) < 4.78 is 13.5. The zero-order valence-electron chi connectivity index (χ0n) is 11.5. The number of benzene rings is 2. The van der Waals surface area contributed by atoms with Crippen LogP contribution in [0.4, 0.5) is 4.39 Å². The van der Waals surface area contributed by atoms with E-state index in [1.807, 2.05) is 0 Å². The van der Waals surface area contributed by atoms with Crippen molar-refractivity contribution in [3.8, 4) is 11.1 Å². The SMILES string of the molecule is CCc1ccc(-c2cc(F)ccc2CN)cc1CC. The van der Waals surface area contributed by atoms with Crippen LogP contribution in [0.2, 0.25) is 0 Å². The lowest BCUT2D eigenvalue weighted by Gasteiger charge is -2.12. The van der Waals surface area contributed by atoms with Gasteiger partial charge in [-0.05, 0) is 52.8 Å². The molecular weight excluding hydrogens is 237 g/mol. The Balaban J connectivity index is 2.55. The van der Waals surface area contributed by atoms with Crippen molar-refractivity contribution in [3.05, 3.63) is 58.9 Å². The predicted octanol–water partition coefficient (Wildman–Crippen LogP) is 4.08. The molecule has 0 aliphatic rings. The molecule has 0 aromatic heterocycles. The van der Waals surface area contributed by atoms with E-state index >= 15 is 0 Å². The van der Waals surface area contributed by atoms with Crippen LogP contribution in [-0.2, 0) is 19.4 Å². The first-order valence-electron chi connectivity index (χ1n) is 6.80. The maximum atomic E-state index is 13.5. The molecule has 0 unspecified atom stereocenters. The van der Waals surface area contributed by atoms with Crippen molar-refractivity contribution in [3.63, 3.8) is 0 Å². The Morgan fingerprint density at radius 2 is 1.58 bits per heavy atom. The van der Waals surface area contributed by atoms with Gasteiger partial charge in [-0.3, -0.25) is 0 Å². The van der Waals surface area contributed by atoms with Crippen molar-refractivity contribution in [2.24, 2.45) is 5.73 Å². The Hall–Kier alpha value is -1.67. The number of rotatable bonds is 4. The van der Waals surface area contributed by atoms with E-state index < -0.39 is 0 Å². The van der Waals surface area contributed by atoms with Crippen LogP contribution < -0.4 is 5.73 Å². The van der Waals surface area contributed by atoms with Gasteiger partial charge in [0.05, 0.1) is 0 Å². The molecule has 1 nitrogen and oxygen atoms in total. The Bertz CT molecular complexity index is 575. The Morgan fingerprint density at radius 1 is 0.895 bits per heavy atom. The fourth-order valence-electron chi connectivity index (χ4n) is 2.46. The molecule has 0 atom stereocenters. The fourth-order valence-corrected chi connectivity index (χ4v) is 2.46. The molecule has 19 heavy (non-hydrogen) atoms. The number of aryl methyl sites for hydroxylation is 2. The average molecular weight is 257 g/mol. The predicted molar refractivity (Wildman–Crippen MR) is 78.5 cm³/mol. The second-order valence-electron chi connectivity index (χ2n) is 4.70. The zero-order chi connectivity index (χ0) is 13.8. The van der Waals surface area contributed by atoms with Crippen LogP contribution in [0.3, 0.4) is 0 Å². The third-order valence-electron chi connectivity index (χ3n) is 3.57. The van der Waals surface area contributed by atoms with Crippen LogP contribution in [0.5, 0.6) is 0 Å². The van der Waals surface area contributed by atoms with Gasteiger partial charge in [-0.1, -0.05) is 38.1 Å². The lowest BCUT2D eigenvalue weighted by Crippen LogP contribution is -2.00. The first kappa shape index (κ1) is 13.8. The van der Waals surface area contributed by atoms with Gasteiger partial charge < -0.3 is 5.73 Å². The topological polar surface area (TPSA) is 26.0 Å². The van der Waals surface area contributed by atoms with E-state index in [4.69, 9.17) is 5.73 Å². The van der Waals surface area contributed by atoms with E-state index in [9.17, 15) is 4.39 Å². The van der Waals surface area contributed by atoms with E-state index in [1.165, 1.54) is 17.2 Å².